The highest BCUT2D eigenvalue weighted by Crippen LogP contribution is 2.03. The van der Waals surface area contributed by atoms with E-state index in [0.717, 1.165) is 6.26 Å². The molecular formula is C6H8ClNO2S. The maximum absolute atomic E-state index is 10.8. The Labute approximate surface area is 71.8 Å². The first-order valence-corrected chi connectivity index (χ1v) is 4.60. The van der Waals surface area contributed by atoms with Gasteiger partial charge in [0.2, 0.25) is 0 Å². The summed E-state index contributed by atoms with van der Waals surface area (Å²) in [6, 6.07) is 3.11. The summed E-state index contributed by atoms with van der Waals surface area (Å²) >= 11 is 0. The number of rotatable bonds is 1. The van der Waals surface area contributed by atoms with E-state index in [1.807, 2.05) is 0 Å². The van der Waals surface area contributed by atoms with Crippen molar-refractivity contribution in [2.24, 2.45) is 0 Å². The van der Waals surface area contributed by atoms with E-state index in [9.17, 15) is 8.42 Å². The highest BCUT2D eigenvalue weighted by atomic mass is 35.5. The Bertz CT molecular complexity index is 309. The van der Waals surface area contributed by atoms with Crippen molar-refractivity contribution in [3.8, 4) is 0 Å². The summed E-state index contributed by atoms with van der Waals surface area (Å²) in [4.78, 5) is 3.93. The van der Waals surface area contributed by atoms with E-state index in [1.54, 1.807) is 6.07 Å². The molecule has 1 aromatic heterocycles. The van der Waals surface area contributed by atoms with Crippen LogP contribution in [0.25, 0.3) is 0 Å². The lowest BCUT2D eigenvalue weighted by atomic mass is 10.5. The van der Waals surface area contributed by atoms with Crippen molar-refractivity contribution in [3.63, 3.8) is 0 Å². The molecule has 0 unspecified atom stereocenters. The van der Waals surface area contributed by atoms with Gasteiger partial charge in [0.1, 0.15) is 0 Å². The largest absolute Gasteiger partial charge is 0.263 e. The summed E-state index contributed by atoms with van der Waals surface area (Å²) in [5, 5.41) is 0. The summed E-state index contributed by atoms with van der Waals surface area (Å²) in [5.41, 5.74) is 0. The number of pyridine rings is 1. The molecule has 0 saturated heterocycles. The fraction of sp³-hybridized carbons (Fsp3) is 0.167. The molecule has 0 bridgehead atoms. The van der Waals surface area contributed by atoms with Gasteiger partial charge in [-0.3, -0.25) is 4.98 Å². The third-order valence-electron chi connectivity index (χ3n) is 1.06. The van der Waals surface area contributed by atoms with E-state index in [2.05, 4.69) is 4.98 Å². The Kier molecular flexibility index (Phi) is 3.48. The molecule has 0 saturated carbocycles. The second kappa shape index (κ2) is 3.69. The number of aromatic nitrogens is 1. The van der Waals surface area contributed by atoms with Crippen LogP contribution in [-0.4, -0.2) is 19.7 Å². The van der Waals surface area contributed by atoms with E-state index in [4.69, 9.17) is 0 Å². The lowest BCUT2D eigenvalue weighted by Crippen LogP contribution is -1.96. The average Bonchev–Trinajstić information content (AvgIpc) is 1.88. The zero-order valence-corrected chi connectivity index (χ0v) is 7.52. The van der Waals surface area contributed by atoms with Gasteiger partial charge in [0.25, 0.3) is 0 Å². The Morgan fingerprint density at radius 1 is 1.45 bits per heavy atom. The standard InChI is InChI=1S/C6H7NO2S.ClH/c1-10(8,9)6-3-2-4-7-5-6;/h2-5H,1H3;1H. The van der Waals surface area contributed by atoms with Crippen LogP contribution in [0, 0.1) is 0 Å². The number of hydrogen-bond acceptors (Lipinski definition) is 3. The van der Waals surface area contributed by atoms with Gasteiger partial charge in [0, 0.05) is 18.6 Å². The molecule has 0 atom stereocenters. The van der Waals surface area contributed by atoms with Crippen molar-refractivity contribution in [1.29, 1.82) is 0 Å². The molecule has 0 aliphatic carbocycles. The molecule has 0 aliphatic rings. The van der Waals surface area contributed by atoms with E-state index < -0.39 is 9.84 Å². The topological polar surface area (TPSA) is 47.0 Å². The minimum Gasteiger partial charge on any atom is -0.263 e. The first-order valence-electron chi connectivity index (χ1n) is 2.71. The normalized spacial score (nSPS) is 10.3. The van der Waals surface area contributed by atoms with Crippen molar-refractivity contribution in [3.05, 3.63) is 24.5 Å². The van der Waals surface area contributed by atoms with Crippen molar-refractivity contribution < 1.29 is 8.42 Å². The van der Waals surface area contributed by atoms with Crippen LogP contribution < -0.4 is 0 Å². The second-order valence-corrected chi connectivity index (χ2v) is 3.98. The molecule has 0 N–H and O–H groups in total. The van der Waals surface area contributed by atoms with Gasteiger partial charge < -0.3 is 0 Å². The van der Waals surface area contributed by atoms with Crippen LogP contribution in [0.1, 0.15) is 0 Å². The van der Waals surface area contributed by atoms with Gasteiger partial charge in [0.05, 0.1) is 4.90 Å². The molecule has 0 aromatic carbocycles. The van der Waals surface area contributed by atoms with E-state index in [0.29, 0.717) is 0 Å². The second-order valence-electron chi connectivity index (χ2n) is 1.96. The molecule has 62 valence electrons. The van der Waals surface area contributed by atoms with Gasteiger partial charge in [-0.25, -0.2) is 8.42 Å². The summed E-state index contributed by atoms with van der Waals surface area (Å²) in [7, 11) is -3.07. The SMILES string of the molecule is CS(=O)(=O)c1cccnc1.Cl. The van der Waals surface area contributed by atoms with Crippen molar-refractivity contribution in [2.45, 2.75) is 4.90 Å². The van der Waals surface area contributed by atoms with Gasteiger partial charge in [0.15, 0.2) is 9.84 Å². The fourth-order valence-electron chi connectivity index (χ4n) is 0.566. The van der Waals surface area contributed by atoms with E-state index in [-0.39, 0.29) is 17.3 Å². The van der Waals surface area contributed by atoms with Gasteiger partial charge in [-0.05, 0) is 12.1 Å². The third kappa shape index (κ3) is 2.86. The maximum Gasteiger partial charge on any atom is 0.177 e. The van der Waals surface area contributed by atoms with Gasteiger partial charge >= 0.3 is 0 Å². The molecule has 0 spiro atoms. The molecule has 0 fully saturated rings. The van der Waals surface area contributed by atoms with E-state index >= 15 is 0 Å². The molecule has 1 heterocycles. The van der Waals surface area contributed by atoms with Crippen LogP contribution in [0.2, 0.25) is 0 Å². The van der Waals surface area contributed by atoms with Crippen LogP contribution >= 0.6 is 12.4 Å². The molecule has 5 heteroatoms. The highest BCUT2D eigenvalue weighted by Gasteiger charge is 2.03. The lowest BCUT2D eigenvalue weighted by molar-refractivity contribution is 0.601. The van der Waals surface area contributed by atoms with Gasteiger partial charge in [-0.1, -0.05) is 0 Å². The Morgan fingerprint density at radius 3 is 2.36 bits per heavy atom. The zero-order chi connectivity index (χ0) is 7.61. The van der Waals surface area contributed by atoms with Gasteiger partial charge in [-0.2, -0.15) is 0 Å². The first-order chi connectivity index (χ1) is 4.61. The monoisotopic (exact) mass is 193 g/mol. The summed E-state index contributed by atoms with van der Waals surface area (Å²) in [6.45, 7) is 0. The average molecular weight is 194 g/mol. The molecule has 0 radical (unpaired) electrons. The molecule has 0 aliphatic heterocycles. The minimum atomic E-state index is -3.07. The molecule has 1 aromatic rings. The smallest absolute Gasteiger partial charge is 0.177 e. The Morgan fingerprint density at radius 2 is 2.09 bits per heavy atom. The molecule has 3 nitrogen and oxygen atoms in total. The molecule has 11 heavy (non-hydrogen) atoms. The predicted molar refractivity (Wildman–Crippen MR) is 44.6 cm³/mol. The summed E-state index contributed by atoms with van der Waals surface area (Å²) < 4.78 is 21.6. The third-order valence-corrected chi connectivity index (χ3v) is 2.16. The number of sulfone groups is 1. The molecule has 1 rings (SSSR count). The maximum atomic E-state index is 10.8. The van der Waals surface area contributed by atoms with Crippen LogP contribution in [0.4, 0.5) is 0 Å². The number of hydrogen-bond donors (Lipinski definition) is 0. The summed E-state index contributed by atoms with van der Waals surface area (Å²) in [6.07, 6.45) is 4.02. The van der Waals surface area contributed by atoms with E-state index in [1.165, 1.54) is 18.5 Å². The van der Waals surface area contributed by atoms with Crippen molar-refractivity contribution >= 4 is 22.2 Å². The van der Waals surface area contributed by atoms with Crippen LogP contribution in [-0.2, 0) is 9.84 Å². The summed E-state index contributed by atoms with van der Waals surface area (Å²) in [5.74, 6) is 0. The number of halogens is 1. The minimum absolute atomic E-state index is 0. The Balaban J connectivity index is 0.000001000. The molecular weight excluding hydrogens is 186 g/mol. The van der Waals surface area contributed by atoms with Crippen LogP contribution in [0.5, 0.6) is 0 Å². The molecule has 0 amide bonds. The van der Waals surface area contributed by atoms with Crippen molar-refractivity contribution in [2.75, 3.05) is 6.26 Å². The first kappa shape index (κ1) is 10.4. The van der Waals surface area contributed by atoms with Crippen molar-refractivity contribution in [1.82, 2.24) is 4.98 Å². The quantitative estimate of drug-likeness (QED) is 0.666. The zero-order valence-electron chi connectivity index (χ0n) is 5.89. The van der Waals surface area contributed by atoms with Crippen LogP contribution in [0.3, 0.4) is 0 Å². The highest BCUT2D eigenvalue weighted by molar-refractivity contribution is 7.90. The van der Waals surface area contributed by atoms with Gasteiger partial charge in [-0.15, -0.1) is 12.4 Å². The fourth-order valence-corrected chi connectivity index (χ4v) is 1.14. The number of nitrogens with zero attached hydrogens (tertiary/aromatic N) is 1. The lowest BCUT2D eigenvalue weighted by Gasteiger charge is -1.92. The predicted octanol–water partition coefficient (Wildman–Crippen LogP) is 0.907. The Hall–Kier alpha value is -0.610. The van der Waals surface area contributed by atoms with Crippen LogP contribution in [0.15, 0.2) is 29.4 Å².